The molecule has 0 radical (unpaired) electrons. The summed E-state index contributed by atoms with van der Waals surface area (Å²) in [7, 11) is -3.97. The van der Waals surface area contributed by atoms with E-state index in [2.05, 4.69) is 25.3 Å². The maximum Gasteiger partial charge on any atom is 0.284 e. The quantitative estimate of drug-likeness (QED) is 0.368. The SMILES string of the molecule is CC1=CC(=O)C(Br)=C(C)C1=NC(=NS(=O)(=O)c1ccc(C)cc1)c1ccccc1. The van der Waals surface area contributed by atoms with Crippen molar-refractivity contribution in [2.24, 2.45) is 9.39 Å². The van der Waals surface area contributed by atoms with Crippen molar-refractivity contribution >= 4 is 43.3 Å². The topological polar surface area (TPSA) is 75.9 Å². The van der Waals surface area contributed by atoms with E-state index in [0.717, 1.165) is 5.56 Å². The number of allylic oxidation sites excluding steroid dienone is 4. The molecule has 0 amide bonds. The summed E-state index contributed by atoms with van der Waals surface area (Å²) < 4.78 is 30.2. The van der Waals surface area contributed by atoms with E-state index >= 15 is 0 Å². The third-order valence-corrected chi connectivity index (χ3v) is 6.66. The molecule has 0 unspecified atom stereocenters. The van der Waals surface area contributed by atoms with Gasteiger partial charge in [-0.05, 0) is 66.1 Å². The van der Waals surface area contributed by atoms with Gasteiger partial charge in [-0.1, -0.05) is 48.0 Å². The van der Waals surface area contributed by atoms with Crippen LogP contribution in [0.5, 0.6) is 0 Å². The van der Waals surface area contributed by atoms with E-state index in [9.17, 15) is 13.2 Å². The van der Waals surface area contributed by atoms with Crippen LogP contribution >= 0.6 is 15.9 Å². The van der Waals surface area contributed by atoms with Crippen molar-refractivity contribution in [2.75, 3.05) is 0 Å². The molecule has 29 heavy (non-hydrogen) atoms. The first-order valence-corrected chi connectivity index (χ1v) is 11.1. The van der Waals surface area contributed by atoms with Crippen molar-refractivity contribution in [3.05, 3.63) is 87.4 Å². The van der Waals surface area contributed by atoms with Crippen LogP contribution in [0.1, 0.15) is 25.0 Å². The number of nitrogens with zero attached hydrogens (tertiary/aromatic N) is 2. The van der Waals surface area contributed by atoms with Gasteiger partial charge in [0.2, 0.25) is 0 Å². The maximum absolute atomic E-state index is 12.9. The second-order valence-corrected chi connectivity index (χ2v) is 9.06. The van der Waals surface area contributed by atoms with Gasteiger partial charge in [0.1, 0.15) is 0 Å². The molecule has 0 aromatic heterocycles. The van der Waals surface area contributed by atoms with Gasteiger partial charge in [0.25, 0.3) is 10.0 Å². The van der Waals surface area contributed by atoms with Crippen molar-refractivity contribution in [3.8, 4) is 0 Å². The van der Waals surface area contributed by atoms with E-state index in [-0.39, 0.29) is 16.5 Å². The van der Waals surface area contributed by atoms with Gasteiger partial charge in [0, 0.05) is 5.56 Å². The van der Waals surface area contributed by atoms with E-state index in [0.29, 0.717) is 26.9 Å². The Morgan fingerprint density at radius 3 is 2.17 bits per heavy atom. The van der Waals surface area contributed by atoms with Crippen molar-refractivity contribution < 1.29 is 13.2 Å². The average molecular weight is 471 g/mol. The van der Waals surface area contributed by atoms with Crippen LogP contribution in [0.4, 0.5) is 0 Å². The minimum absolute atomic E-state index is 0.0583. The van der Waals surface area contributed by atoms with Crippen LogP contribution < -0.4 is 0 Å². The molecule has 3 rings (SSSR count). The molecule has 5 nitrogen and oxygen atoms in total. The Bertz CT molecular complexity index is 1190. The van der Waals surface area contributed by atoms with Gasteiger partial charge in [-0.3, -0.25) is 4.79 Å². The molecule has 0 fully saturated rings. The van der Waals surface area contributed by atoms with Crippen LogP contribution in [-0.4, -0.2) is 25.7 Å². The van der Waals surface area contributed by atoms with Crippen LogP contribution in [0.15, 0.2) is 90.6 Å². The van der Waals surface area contributed by atoms with Crippen molar-refractivity contribution in [1.29, 1.82) is 0 Å². The van der Waals surface area contributed by atoms with Gasteiger partial charge in [-0.25, -0.2) is 4.99 Å². The van der Waals surface area contributed by atoms with Crippen molar-refractivity contribution in [1.82, 2.24) is 0 Å². The standard InChI is InChI=1S/C22H19BrN2O3S/c1-14-9-11-18(12-10-14)29(27,28)25-22(17-7-5-4-6-8-17)24-21-15(2)13-19(26)20(23)16(21)3/h4-13H,1-3H3. The predicted octanol–water partition coefficient (Wildman–Crippen LogP) is 4.77. The van der Waals surface area contributed by atoms with Gasteiger partial charge in [-0.2, -0.15) is 8.42 Å². The number of aryl methyl sites for hydroxylation is 1. The molecule has 2 aromatic carbocycles. The first-order chi connectivity index (χ1) is 13.7. The Morgan fingerprint density at radius 1 is 0.931 bits per heavy atom. The van der Waals surface area contributed by atoms with Crippen LogP contribution in [0.2, 0.25) is 0 Å². The first-order valence-electron chi connectivity index (χ1n) is 8.84. The first kappa shape index (κ1) is 21.1. The number of carbonyl (C=O) groups is 1. The lowest BCUT2D eigenvalue weighted by atomic mass is 9.97. The van der Waals surface area contributed by atoms with Crippen LogP contribution in [-0.2, 0) is 14.8 Å². The van der Waals surface area contributed by atoms with Gasteiger partial charge in [-0.15, -0.1) is 4.40 Å². The lowest BCUT2D eigenvalue weighted by Crippen LogP contribution is -2.17. The average Bonchev–Trinajstić information content (AvgIpc) is 2.69. The molecule has 0 spiro atoms. The molecule has 0 N–H and O–H groups in total. The van der Waals surface area contributed by atoms with Gasteiger partial charge < -0.3 is 0 Å². The van der Waals surface area contributed by atoms with E-state index in [4.69, 9.17) is 0 Å². The molecule has 0 heterocycles. The smallest absolute Gasteiger partial charge is 0.284 e. The second-order valence-electron chi connectivity index (χ2n) is 6.66. The third kappa shape index (κ3) is 4.68. The van der Waals surface area contributed by atoms with Crippen LogP contribution in [0, 0.1) is 6.92 Å². The number of benzene rings is 2. The van der Waals surface area contributed by atoms with Gasteiger partial charge >= 0.3 is 0 Å². The molecule has 0 saturated carbocycles. The van der Waals surface area contributed by atoms with Gasteiger partial charge in [0.15, 0.2) is 11.6 Å². The molecular weight excluding hydrogens is 452 g/mol. The number of halogens is 1. The summed E-state index contributed by atoms with van der Waals surface area (Å²) in [6.45, 7) is 5.40. The zero-order valence-electron chi connectivity index (χ0n) is 16.2. The summed E-state index contributed by atoms with van der Waals surface area (Å²) in [4.78, 5) is 16.6. The Kier molecular flexibility index (Phi) is 6.10. The predicted molar refractivity (Wildman–Crippen MR) is 119 cm³/mol. The Hall–Kier alpha value is -2.64. The molecule has 0 aliphatic heterocycles. The molecule has 7 heteroatoms. The molecule has 0 atom stereocenters. The highest BCUT2D eigenvalue weighted by Crippen LogP contribution is 2.25. The van der Waals surface area contributed by atoms with Crippen molar-refractivity contribution in [3.63, 3.8) is 0 Å². The molecule has 148 valence electrons. The van der Waals surface area contributed by atoms with E-state index in [1.165, 1.54) is 18.2 Å². The van der Waals surface area contributed by atoms with Crippen LogP contribution in [0.25, 0.3) is 0 Å². The zero-order valence-corrected chi connectivity index (χ0v) is 18.6. The Balaban J connectivity index is 2.19. The Morgan fingerprint density at radius 2 is 1.55 bits per heavy atom. The lowest BCUT2D eigenvalue weighted by Gasteiger charge is -2.15. The minimum Gasteiger partial charge on any atom is -0.289 e. The molecule has 0 saturated heterocycles. The molecule has 1 aliphatic rings. The summed E-state index contributed by atoms with van der Waals surface area (Å²) in [6.07, 6.45) is 1.47. The number of carbonyl (C=O) groups excluding carboxylic acids is 1. The second kappa shape index (κ2) is 8.39. The molecule has 0 bridgehead atoms. The summed E-state index contributed by atoms with van der Waals surface area (Å²) in [5.74, 6) is -0.0904. The lowest BCUT2D eigenvalue weighted by molar-refractivity contribution is -0.110. The summed E-state index contributed by atoms with van der Waals surface area (Å²) in [6, 6.07) is 15.4. The number of ketones is 1. The number of hydrogen-bond donors (Lipinski definition) is 0. The molecular formula is C22H19BrN2O3S. The van der Waals surface area contributed by atoms with Crippen molar-refractivity contribution in [2.45, 2.75) is 25.7 Å². The van der Waals surface area contributed by atoms with E-state index < -0.39 is 10.0 Å². The fourth-order valence-corrected chi connectivity index (χ4v) is 4.05. The number of amidine groups is 1. The number of aliphatic imine (C=N–C) groups is 1. The molecule has 2 aromatic rings. The summed E-state index contributed by atoms with van der Waals surface area (Å²) in [5.41, 5.74) is 3.30. The highest BCUT2D eigenvalue weighted by Gasteiger charge is 2.22. The number of sulfonamides is 1. The van der Waals surface area contributed by atoms with Gasteiger partial charge in [0.05, 0.1) is 15.1 Å². The fraction of sp³-hybridized carbons (Fsp3) is 0.136. The largest absolute Gasteiger partial charge is 0.289 e. The summed E-state index contributed by atoms with van der Waals surface area (Å²) >= 11 is 3.28. The Labute approximate surface area is 178 Å². The zero-order chi connectivity index (χ0) is 21.2. The number of hydrogen-bond acceptors (Lipinski definition) is 3. The highest BCUT2D eigenvalue weighted by molar-refractivity contribution is 9.12. The monoisotopic (exact) mass is 470 g/mol. The third-order valence-electron chi connectivity index (χ3n) is 4.40. The number of rotatable bonds is 3. The normalized spacial score (nSPS) is 17.0. The van der Waals surface area contributed by atoms with E-state index in [1.54, 1.807) is 50.2 Å². The summed E-state index contributed by atoms with van der Waals surface area (Å²) in [5, 5.41) is 0. The molecule has 1 aliphatic carbocycles. The minimum atomic E-state index is -3.97. The van der Waals surface area contributed by atoms with Crippen LogP contribution in [0.3, 0.4) is 0 Å². The highest BCUT2D eigenvalue weighted by atomic mass is 79.9. The maximum atomic E-state index is 12.9. The van der Waals surface area contributed by atoms with E-state index in [1.807, 2.05) is 13.0 Å². The fourth-order valence-electron chi connectivity index (χ4n) is 2.79.